The van der Waals surface area contributed by atoms with Gasteiger partial charge in [-0.05, 0) is 62.2 Å². The minimum absolute atomic E-state index is 0.0725. The average Bonchev–Trinajstić information content (AvgIpc) is 3.27. The topological polar surface area (TPSA) is 90.0 Å². The lowest BCUT2D eigenvalue weighted by Crippen LogP contribution is -2.27. The third-order valence-electron chi connectivity index (χ3n) is 4.84. The van der Waals surface area contributed by atoms with E-state index in [9.17, 15) is 18.0 Å². The van der Waals surface area contributed by atoms with E-state index in [1.54, 1.807) is 18.2 Å². The highest BCUT2D eigenvalue weighted by Crippen LogP contribution is 2.23. The van der Waals surface area contributed by atoms with Gasteiger partial charge in [-0.25, -0.2) is 13.2 Å². The van der Waals surface area contributed by atoms with E-state index >= 15 is 0 Å². The van der Waals surface area contributed by atoms with Gasteiger partial charge in [0.1, 0.15) is 12.4 Å². The van der Waals surface area contributed by atoms with Crippen molar-refractivity contribution in [2.75, 3.05) is 20.2 Å². The standard InChI is InChI=1S/C21H23NO6S/c1-15(23)17-7-10-20(27-2)18(13-17)14-28-21(24)16-5-8-19(9-6-16)29(25,26)22-11-3-4-12-22/h5-10,13H,3-4,11-12,14H2,1-2H3. The molecule has 0 saturated carbocycles. The fraction of sp³-hybridized carbons (Fsp3) is 0.333. The van der Waals surface area contributed by atoms with Crippen LogP contribution in [0.3, 0.4) is 0 Å². The van der Waals surface area contributed by atoms with Crippen LogP contribution < -0.4 is 4.74 Å². The van der Waals surface area contributed by atoms with Crippen molar-refractivity contribution >= 4 is 21.8 Å². The van der Waals surface area contributed by atoms with Gasteiger partial charge in [-0.15, -0.1) is 0 Å². The van der Waals surface area contributed by atoms with Gasteiger partial charge in [-0.2, -0.15) is 4.31 Å². The highest BCUT2D eigenvalue weighted by molar-refractivity contribution is 7.89. The van der Waals surface area contributed by atoms with Crippen LogP contribution in [0, 0.1) is 0 Å². The van der Waals surface area contributed by atoms with E-state index in [2.05, 4.69) is 0 Å². The van der Waals surface area contributed by atoms with Gasteiger partial charge in [0.15, 0.2) is 5.78 Å². The molecule has 1 saturated heterocycles. The van der Waals surface area contributed by atoms with Gasteiger partial charge in [0, 0.05) is 24.2 Å². The molecule has 0 amide bonds. The van der Waals surface area contributed by atoms with Crippen molar-refractivity contribution in [3.8, 4) is 5.75 Å². The Bertz CT molecular complexity index is 1010. The Morgan fingerprint density at radius 3 is 2.21 bits per heavy atom. The molecule has 0 aliphatic carbocycles. The molecule has 1 heterocycles. The van der Waals surface area contributed by atoms with Crippen molar-refractivity contribution in [1.29, 1.82) is 0 Å². The van der Waals surface area contributed by atoms with Crippen LogP contribution in [0.1, 0.15) is 46.0 Å². The van der Waals surface area contributed by atoms with Crippen molar-refractivity contribution in [2.45, 2.75) is 31.3 Å². The molecule has 2 aromatic rings. The normalized spacial score (nSPS) is 14.6. The van der Waals surface area contributed by atoms with E-state index in [4.69, 9.17) is 9.47 Å². The summed E-state index contributed by atoms with van der Waals surface area (Å²) in [6.45, 7) is 2.42. The molecular formula is C21H23NO6S. The first-order chi connectivity index (χ1) is 13.8. The summed E-state index contributed by atoms with van der Waals surface area (Å²) in [5.41, 5.74) is 1.31. The molecule has 0 bridgehead atoms. The van der Waals surface area contributed by atoms with Crippen LogP contribution in [0.2, 0.25) is 0 Å². The number of sulfonamides is 1. The molecule has 0 unspecified atom stereocenters. The summed E-state index contributed by atoms with van der Waals surface area (Å²) < 4.78 is 37.1. The molecule has 1 aliphatic rings. The molecule has 0 spiro atoms. The van der Waals surface area contributed by atoms with Gasteiger partial charge in [-0.1, -0.05) is 0 Å². The molecule has 0 radical (unpaired) electrons. The number of methoxy groups -OCH3 is 1. The minimum Gasteiger partial charge on any atom is -0.496 e. The number of hydrogen-bond acceptors (Lipinski definition) is 6. The molecule has 8 heteroatoms. The summed E-state index contributed by atoms with van der Waals surface area (Å²) >= 11 is 0. The van der Waals surface area contributed by atoms with E-state index in [-0.39, 0.29) is 22.8 Å². The minimum atomic E-state index is -3.53. The van der Waals surface area contributed by atoms with Crippen LogP contribution in [0.5, 0.6) is 5.75 Å². The highest BCUT2D eigenvalue weighted by atomic mass is 32.2. The lowest BCUT2D eigenvalue weighted by atomic mass is 10.1. The van der Waals surface area contributed by atoms with Crippen LogP contribution in [0.15, 0.2) is 47.4 Å². The Hall–Kier alpha value is -2.71. The summed E-state index contributed by atoms with van der Waals surface area (Å²) in [5, 5.41) is 0. The molecule has 29 heavy (non-hydrogen) atoms. The first-order valence-corrected chi connectivity index (χ1v) is 10.7. The van der Waals surface area contributed by atoms with E-state index in [0.717, 1.165) is 12.8 Å². The fourth-order valence-electron chi connectivity index (χ4n) is 3.18. The summed E-state index contributed by atoms with van der Waals surface area (Å²) in [7, 11) is -2.03. The Labute approximate surface area is 170 Å². The second kappa shape index (κ2) is 8.75. The molecule has 0 aromatic heterocycles. The van der Waals surface area contributed by atoms with Gasteiger partial charge in [0.2, 0.25) is 10.0 Å². The molecule has 0 atom stereocenters. The number of esters is 1. The molecular weight excluding hydrogens is 394 g/mol. The first-order valence-electron chi connectivity index (χ1n) is 9.28. The Morgan fingerprint density at radius 1 is 1.00 bits per heavy atom. The number of benzene rings is 2. The number of ketones is 1. The van der Waals surface area contributed by atoms with Gasteiger partial charge in [0.25, 0.3) is 0 Å². The second-order valence-electron chi connectivity index (χ2n) is 6.79. The van der Waals surface area contributed by atoms with Gasteiger partial charge >= 0.3 is 5.97 Å². The number of nitrogens with zero attached hydrogens (tertiary/aromatic N) is 1. The van der Waals surface area contributed by atoms with Crippen LogP contribution in [-0.2, 0) is 21.4 Å². The third kappa shape index (κ3) is 4.65. The fourth-order valence-corrected chi connectivity index (χ4v) is 4.69. The van der Waals surface area contributed by atoms with Crippen molar-refractivity contribution in [1.82, 2.24) is 4.31 Å². The zero-order valence-electron chi connectivity index (χ0n) is 16.4. The van der Waals surface area contributed by atoms with E-state index < -0.39 is 16.0 Å². The lowest BCUT2D eigenvalue weighted by Gasteiger charge is -2.15. The van der Waals surface area contributed by atoms with Crippen molar-refractivity contribution < 1.29 is 27.5 Å². The maximum atomic E-state index is 12.6. The molecule has 7 nitrogen and oxygen atoms in total. The summed E-state index contributed by atoms with van der Waals surface area (Å²) in [6.07, 6.45) is 1.72. The predicted octanol–water partition coefficient (Wildman–Crippen LogP) is 3.04. The number of rotatable bonds is 7. The van der Waals surface area contributed by atoms with Crippen LogP contribution in [-0.4, -0.2) is 44.7 Å². The number of ether oxygens (including phenoxy) is 2. The molecule has 2 aromatic carbocycles. The second-order valence-corrected chi connectivity index (χ2v) is 8.73. The smallest absolute Gasteiger partial charge is 0.338 e. The number of carbonyl (C=O) groups excluding carboxylic acids is 2. The van der Waals surface area contributed by atoms with Crippen molar-refractivity contribution in [3.05, 3.63) is 59.2 Å². The lowest BCUT2D eigenvalue weighted by molar-refractivity contribution is 0.0470. The van der Waals surface area contributed by atoms with Crippen LogP contribution in [0.25, 0.3) is 0 Å². The van der Waals surface area contributed by atoms with Gasteiger partial charge in [0.05, 0.1) is 17.6 Å². The van der Waals surface area contributed by atoms with E-state index in [0.29, 0.717) is 30.0 Å². The third-order valence-corrected chi connectivity index (χ3v) is 6.75. The maximum Gasteiger partial charge on any atom is 0.338 e. The van der Waals surface area contributed by atoms with E-state index in [1.807, 2.05) is 0 Å². The SMILES string of the molecule is COc1ccc(C(C)=O)cc1COC(=O)c1ccc(S(=O)(=O)N2CCCC2)cc1. The Balaban J connectivity index is 1.70. The van der Waals surface area contributed by atoms with E-state index in [1.165, 1.54) is 42.6 Å². The molecule has 1 fully saturated rings. The molecule has 154 valence electrons. The average molecular weight is 417 g/mol. The largest absolute Gasteiger partial charge is 0.496 e. The zero-order valence-corrected chi connectivity index (χ0v) is 17.2. The summed E-state index contributed by atoms with van der Waals surface area (Å²) in [4.78, 5) is 24.1. The Kier molecular flexibility index (Phi) is 6.34. The van der Waals surface area contributed by atoms with Crippen molar-refractivity contribution in [2.24, 2.45) is 0 Å². The van der Waals surface area contributed by atoms with Crippen LogP contribution in [0.4, 0.5) is 0 Å². The van der Waals surface area contributed by atoms with Crippen LogP contribution >= 0.6 is 0 Å². The predicted molar refractivity (Wildman–Crippen MR) is 107 cm³/mol. The van der Waals surface area contributed by atoms with Gasteiger partial charge in [-0.3, -0.25) is 4.79 Å². The Morgan fingerprint density at radius 2 is 1.62 bits per heavy atom. The number of carbonyl (C=O) groups is 2. The molecule has 1 aliphatic heterocycles. The van der Waals surface area contributed by atoms with Crippen molar-refractivity contribution in [3.63, 3.8) is 0 Å². The zero-order chi connectivity index (χ0) is 21.0. The molecule has 0 N–H and O–H groups in total. The highest BCUT2D eigenvalue weighted by Gasteiger charge is 2.27. The summed E-state index contributed by atoms with van der Waals surface area (Å²) in [5.74, 6) is -0.185. The summed E-state index contributed by atoms with van der Waals surface area (Å²) in [6, 6.07) is 10.6. The van der Waals surface area contributed by atoms with Gasteiger partial charge < -0.3 is 9.47 Å². The maximum absolute atomic E-state index is 12.6. The first kappa shape index (κ1) is 21.0. The number of hydrogen-bond donors (Lipinski definition) is 0. The quantitative estimate of drug-likeness (QED) is 0.508. The monoisotopic (exact) mass is 417 g/mol. The molecule has 3 rings (SSSR count). The number of Topliss-reactive ketones (excluding diaryl/α,β-unsaturated/α-hetero) is 1.